The number of carbonyl (C=O) groups excluding carboxylic acids is 2. The molecule has 2 amide bonds. The number of rotatable bonds is 14. The zero-order valence-corrected chi connectivity index (χ0v) is 24.5. The Morgan fingerprint density at radius 3 is 2.17 bits per heavy atom. The molecule has 0 aromatic heterocycles. The first-order valence-corrected chi connectivity index (χ1v) is 15.0. The molecule has 214 valence electrons. The van der Waals surface area contributed by atoms with E-state index in [0.717, 1.165) is 21.9 Å². The van der Waals surface area contributed by atoms with E-state index in [0.29, 0.717) is 31.0 Å². The van der Waals surface area contributed by atoms with Crippen LogP contribution in [0, 0.1) is 6.92 Å². The average Bonchev–Trinajstić information content (AvgIpc) is 2.96. The largest absolute Gasteiger partial charge is 0.494 e. The minimum Gasteiger partial charge on any atom is -0.494 e. The van der Waals surface area contributed by atoms with Gasteiger partial charge in [0.1, 0.15) is 18.3 Å². The maximum Gasteiger partial charge on any atom is 0.264 e. The van der Waals surface area contributed by atoms with Gasteiger partial charge in [-0.15, -0.1) is 0 Å². The monoisotopic (exact) mass is 565 g/mol. The summed E-state index contributed by atoms with van der Waals surface area (Å²) in [6.45, 7) is 8.11. The summed E-state index contributed by atoms with van der Waals surface area (Å²) < 4.78 is 34.4. The van der Waals surface area contributed by atoms with Crippen molar-refractivity contribution in [1.29, 1.82) is 0 Å². The first-order chi connectivity index (χ1) is 19.2. The van der Waals surface area contributed by atoms with E-state index in [1.807, 2.05) is 51.1 Å². The van der Waals surface area contributed by atoms with E-state index in [1.54, 1.807) is 43.3 Å². The molecule has 0 heterocycles. The summed E-state index contributed by atoms with van der Waals surface area (Å²) in [6, 6.07) is 22.0. The molecule has 3 aromatic rings. The van der Waals surface area contributed by atoms with E-state index in [-0.39, 0.29) is 17.3 Å². The van der Waals surface area contributed by atoms with Gasteiger partial charge in [-0.2, -0.15) is 0 Å². The number of carbonyl (C=O) groups is 2. The van der Waals surface area contributed by atoms with Gasteiger partial charge in [-0.3, -0.25) is 13.9 Å². The molecule has 0 aliphatic carbocycles. The molecule has 1 unspecified atom stereocenters. The third-order valence-electron chi connectivity index (χ3n) is 6.52. The summed E-state index contributed by atoms with van der Waals surface area (Å²) in [4.78, 5) is 28.3. The molecule has 1 N–H and O–H groups in total. The molecule has 9 heteroatoms. The van der Waals surface area contributed by atoms with Crippen LogP contribution in [0.3, 0.4) is 0 Å². The first kappa shape index (κ1) is 30.7. The Kier molecular flexibility index (Phi) is 11.1. The Balaban J connectivity index is 1.97. The summed E-state index contributed by atoms with van der Waals surface area (Å²) in [7, 11) is -4.11. The minimum atomic E-state index is -4.11. The zero-order valence-electron chi connectivity index (χ0n) is 23.7. The van der Waals surface area contributed by atoms with E-state index in [4.69, 9.17) is 4.74 Å². The molecule has 0 aliphatic heterocycles. The van der Waals surface area contributed by atoms with Crippen molar-refractivity contribution in [2.45, 2.75) is 51.5 Å². The maximum absolute atomic E-state index is 13.9. The van der Waals surface area contributed by atoms with E-state index in [1.165, 1.54) is 17.0 Å². The van der Waals surface area contributed by atoms with Crippen LogP contribution in [0.25, 0.3) is 0 Å². The van der Waals surface area contributed by atoms with Crippen LogP contribution in [0.4, 0.5) is 5.69 Å². The molecule has 3 rings (SSSR count). The molecule has 40 heavy (non-hydrogen) atoms. The van der Waals surface area contributed by atoms with Crippen LogP contribution in [0.5, 0.6) is 5.75 Å². The summed E-state index contributed by atoms with van der Waals surface area (Å²) in [6.07, 6.45) is 1.28. The number of ether oxygens (including phenoxy) is 1. The van der Waals surface area contributed by atoms with Crippen LogP contribution in [-0.2, 0) is 26.0 Å². The van der Waals surface area contributed by atoms with Gasteiger partial charge in [-0.25, -0.2) is 8.42 Å². The number of benzene rings is 3. The fraction of sp³-hybridized carbons (Fsp3) is 0.355. The highest BCUT2D eigenvalue weighted by Crippen LogP contribution is 2.26. The lowest BCUT2D eigenvalue weighted by Crippen LogP contribution is -2.52. The molecule has 0 spiro atoms. The van der Waals surface area contributed by atoms with Crippen LogP contribution in [0.1, 0.15) is 38.3 Å². The predicted octanol–water partition coefficient (Wildman–Crippen LogP) is 4.58. The van der Waals surface area contributed by atoms with Crippen LogP contribution < -0.4 is 14.4 Å². The lowest BCUT2D eigenvalue weighted by Gasteiger charge is -2.32. The Bertz CT molecular complexity index is 1340. The Morgan fingerprint density at radius 1 is 0.925 bits per heavy atom. The second-order valence-electron chi connectivity index (χ2n) is 9.54. The molecule has 0 fully saturated rings. The molecule has 0 bridgehead atoms. The van der Waals surface area contributed by atoms with Gasteiger partial charge in [0.2, 0.25) is 11.8 Å². The van der Waals surface area contributed by atoms with Crippen molar-refractivity contribution in [3.63, 3.8) is 0 Å². The molecule has 0 saturated carbocycles. The third kappa shape index (κ3) is 8.08. The number of anilines is 1. The highest BCUT2D eigenvalue weighted by molar-refractivity contribution is 7.92. The van der Waals surface area contributed by atoms with Gasteiger partial charge >= 0.3 is 0 Å². The van der Waals surface area contributed by atoms with Crippen molar-refractivity contribution in [2.24, 2.45) is 0 Å². The highest BCUT2D eigenvalue weighted by atomic mass is 32.2. The van der Waals surface area contributed by atoms with Gasteiger partial charge in [0.15, 0.2) is 0 Å². The number of sulfonamides is 1. The van der Waals surface area contributed by atoms with Crippen LogP contribution in [-0.4, -0.2) is 57.4 Å². The Morgan fingerprint density at radius 2 is 1.57 bits per heavy atom. The van der Waals surface area contributed by atoms with Crippen LogP contribution >= 0.6 is 0 Å². The third-order valence-corrected chi connectivity index (χ3v) is 8.31. The average molecular weight is 566 g/mol. The van der Waals surface area contributed by atoms with Gasteiger partial charge < -0.3 is 15.0 Å². The SMILES string of the molecule is CCCNC(=O)C(C)N(CCc1ccccc1)C(=O)CN(c1ccc(OCC)cc1)S(=O)(=O)c1ccc(C)cc1. The second kappa shape index (κ2) is 14.5. The minimum absolute atomic E-state index is 0.0735. The maximum atomic E-state index is 13.9. The standard InChI is InChI=1S/C31H39N3O5S/c1-5-21-32-31(36)25(4)33(22-20-26-10-8-7-9-11-26)30(35)23-34(27-14-16-28(17-15-27)39-6-2)40(37,38)29-18-12-24(3)13-19-29/h7-19,25H,5-6,20-23H2,1-4H3,(H,32,36). The topological polar surface area (TPSA) is 96.0 Å². The number of nitrogens with one attached hydrogen (secondary N) is 1. The van der Waals surface area contributed by atoms with Crippen LogP contribution in [0.2, 0.25) is 0 Å². The molecule has 0 saturated heterocycles. The van der Waals surface area contributed by atoms with Gasteiger partial charge in [0, 0.05) is 13.1 Å². The molecule has 0 radical (unpaired) electrons. The van der Waals surface area contributed by atoms with Gasteiger partial charge in [-0.1, -0.05) is 55.0 Å². The second-order valence-corrected chi connectivity index (χ2v) is 11.4. The lowest BCUT2D eigenvalue weighted by molar-refractivity contribution is -0.138. The summed E-state index contributed by atoms with van der Waals surface area (Å²) >= 11 is 0. The number of aryl methyl sites for hydroxylation is 1. The predicted molar refractivity (Wildman–Crippen MR) is 158 cm³/mol. The van der Waals surface area contributed by atoms with Gasteiger partial charge in [0.05, 0.1) is 17.2 Å². The van der Waals surface area contributed by atoms with Crippen molar-refractivity contribution in [3.8, 4) is 5.75 Å². The molecule has 0 aliphatic rings. The molecule has 8 nitrogen and oxygen atoms in total. The van der Waals surface area contributed by atoms with Crippen molar-refractivity contribution in [3.05, 3.63) is 90.0 Å². The fourth-order valence-corrected chi connectivity index (χ4v) is 5.62. The molecule has 3 aromatic carbocycles. The summed E-state index contributed by atoms with van der Waals surface area (Å²) in [5.74, 6) is -0.159. The molecular weight excluding hydrogens is 526 g/mol. The number of nitrogens with zero attached hydrogens (tertiary/aromatic N) is 2. The number of hydrogen-bond acceptors (Lipinski definition) is 5. The Labute approximate surface area is 238 Å². The first-order valence-electron chi connectivity index (χ1n) is 13.6. The molecule has 1 atom stereocenters. The quantitative estimate of drug-likeness (QED) is 0.309. The van der Waals surface area contributed by atoms with Crippen LogP contribution in [0.15, 0.2) is 83.8 Å². The van der Waals surface area contributed by atoms with E-state index >= 15 is 0 Å². The summed E-state index contributed by atoms with van der Waals surface area (Å²) in [5.41, 5.74) is 2.25. The van der Waals surface area contributed by atoms with Crippen molar-refractivity contribution in [1.82, 2.24) is 10.2 Å². The zero-order chi connectivity index (χ0) is 29.1. The van der Waals surface area contributed by atoms with E-state index < -0.39 is 28.5 Å². The number of amides is 2. The van der Waals surface area contributed by atoms with Gasteiger partial charge in [-0.05, 0) is 75.6 Å². The fourth-order valence-electron chi connectivity index (χ4n) is 4.21. The normalized spacial score (nSPS) is 11.9. The molecular formula is C31H39N3O5S. The lowest BCUT2D eigenvalue weighted by atomic mass is 10.1. The smallest absolute Gasteiger partial charge is 0.264 e. The summed E-state index contributed by atoms with van der Waals surface area (Å²) in [5, 5.41) is 2.85. The highest BCUT2D eigenvalue weighted by Gasteiger charge is 2.32. The van der Waals surface area contributed by atoms with Gasteiger partial charge in [0.25, 0.3) is 10.0 Å². The van der Waals surface area contributed by atoms with E-state index in [2.05, 4.69) is 5.32 Å². The van der Waals surface area contributed by atoms with Crippen molar-refractivity contribution in [2.75, 3.05) is 30.5 Å². The van der Waals surface area contributed by atoms with E-state index in [9.17, 15) is 18.0 Å². The number of hydrogen-bond donors (Lipinski definition) is 1. The van der Waals surface area contributed by atoms with Crippen molar-refractivity contribution >= 4 is 27.5 Å². The van der Waals surface area contributed by atoms with Crippen molar-refractivity contribution < 1.29 is 22.7 Å². The Hall–Kier alpha value is -3.85.